The Hall–Kier alpha value is -2.50. The Labute approximate surface area is 115 Å². The van der Waals surface area contributed by atoms with Crippen LogP contribution >= 0.6 is 0 Å². The Morgan fingerprint density at radius 3 is 2.32 bits per heavy atom. The van der Waals surface area contributed by atoms with Gasteiger partial charge in [0.15, 0.2) is 0 Å². The highest BCUT2D eigenvalue weighted by Gasteiger charge is 2.44. The van der Waals surface area contributed by atoms with Crippen molar-refractivity contribution >= 4 is 23.6 Å². The first-order chi connectivity index (χ1) is 11.0. The predicted molar refractivity (Wildman–Crippen MR) is 63.1 cm³/mol. The monoisotopic (exact) mass is 263 g/mol. The van der Waals surface area contributed by atoms with Gasteiger partial charge in [-0.3, -0.25) is 29.4 Å². The third kappa shape index (κ3) is 1.64. The van der Waals surface area contributed by atoms with E-state index in [9.17, 15) is 19.2 Å². The van der Waals surface area contributed by atoms with Crippen LogP contribution in [0.1, 0.15) is 40.3 Å². The Morgan fingerprint density at radius 2 is 1.74 bits per heavy atom. The summed E-state index contributed by atoms with van der Waals surface area (Å²) >= 11 is 0. The van der Waals surface area contributed by atoms with Crippen molar-refractivity contribution in [3.63, 3.8) is 0 Å². The lowest BCUT2D eigenvalue weighted by atomic mass is 10.0. The highest BCUT2D eigenvalue weighted by Crippen LogP contribution is 2.26. The molecule has 0 aliphatic carbocycles. The first-order valence-corrected chi connectivity index (χ1v) is 5.31. The molecule has 0 aromatic heterocycles. The number of nitrogens with zero attached hydrogens (tertiary/aromatic N) is 1. The van der Waals surface area contributed by atoms with Crippen LogP contribution in [0, 0.1) is 0 Å². The summed E-state index contributed by atoms with van der Waals surface area (Å²) in [5.74, 6) is -5.36. The number of carbonyl (C=O) groups excluding carboxylic acids is 4. The fourth-order valence-corrected chi connectivity index (χ4v) is 1.92. The Morgan fingerprint density at radius 1 is 1.16 bits per heavy atom. The second-order valence-electron chi connectivity index (χ2n) is 3.87. The van der Waals surface area contributed by atoms with E-state index >= 15 is 0 Å². The lowest BCUT2D eigenvalue weighted by molar-refractivity contribution is -0.136. The molecule has 0 spiro atoms. The molecule has 1 fully saturated rings. The quantitative estimate of drug-likeness (QED) is 0.728. The molecule has 1 aromatic carbocycles. The van der Waals surface area contributed by atoms with Crippen molar-refractivity contribution in [1.29, 1.82) is 0 Å². The summed E-state index contributed by atoms with van der Waals surface area (Å²) in [6.07, 6.45) is -6.77. The van der Waals surface area contributed by atoms with Crippen molar-refractivity contribution in [3.8, 4) is 0 Å². The van der Waals surface area contributed by atoms with Gasteiger partial charge in [0.25, 0.3) is 11.8 Å². The van der Waals surface area contributed by atoms with Crippen LogP contribution in [0.2, 0.25) is 0 Å². The number of imide groups is 2. The minimum atomic E-state index is -3.47. The summed E-state index contributed by atoms with van der Waals surface area (Å²) in [6.45, 7) is 0. The van der Waals surface area contributed by atoms with Gasteiger partial charge in [-0.15, -0.1) is 0 Å². The van der Waals surface area contributed by atoms with Gasteiger partial charge in [0.2, 0.25) is 11.8 Å². The van der Waals surface area contributed by atoms with E-state index in [1.807, 2.05) is 0 Å². The topological polar surface area (TPSA) is 83.6 Å². The second-order valence-corrected chi connectivity index (χ2v) is 3.87. The molecular weight excluding hydrogens is 248 g/mol. The molecule has 6 heteroatoms. The van der Waals surface area contributed by atoms with Crippen molar-refractivity contribution in [2.24, 2.45) is 0 Å². The number of piperidine rings is 1. The van der Waals surface area contributed by atoms with Gasteiger partial charge in [0.05, 0.1) is 12.5 Å². The molecular formula is C13H10N2O4. The first-order valence-electron chi connectivity index (χ1n) is 7.81. The van der Waals surface area contributed by atoms with Crippen molar-refractivity contribution in [2.45, 2.75) is 18.8 Å². The number of amides is 4. The summed E-state index contributed by atoms with van der Waals surface area (Å²) in [5, 5.41) is 1.53. The van der Waals surface area contributed by atoms with Gasteiger partial charge in [-0.25, -0.2) is 0 Å². The van der Waals surface area contributed by atoms with E-state index < -0.39 is 42.4 Å². The van der Waals surface area contributed by atoms with E-state index in [4.69, 9.17) is 6.85 Å². The van der Waals surface area contributed by atoms with Crippen LogP contribution in [-0.2, 0) is 9.59 Å². The van der Waals surface area contributed by atoms with Crippen LogP contribution in [0.4, 0.5) is 0 Å². The molecule has 1 atom stereocenters. The predicted octanol–water partition coefficient (Wildman–Crippen LogP) is 0.0878. The fourth-order valence-electron chi connectivity index (χ4n) is 1.92. The molecule has 2 heterocycles. The first kappa shape index (κ1) is 7.18. The van der Waals surface area contributed by atoms with Crippen LogP contribution in [0.3, 0.4) is 0 Å². The number of hydrogen-bond acceptors (Lipinski definition) is 4. The summed E-state index contributed by atoms with van der Waals surface area (Å²) in [6, 6.07) is 2.16. The number of hydrogen-bond donors (Lipinski definition) is 1. The lowest BCUT2D eigenvalue weighted by Gasteiger charge is -2.27. The normalized spacial score (nSPS) is 35.6. The van der Waals surface area contributed by atoms with E-state index in [-0.39, 0.29) is 16.0 Å². The van der Waals surface area contributed by atoms with Crippen molar-refractivity contribution in [1.82, 2.24) is 10.2 Å². The van der Waals surface area contributed by atoms with Gasteiger partial charge in [-0.2, -0.15) is 0 Å². The lowest BCUT2D eigenvalue weighted by Crippen LogP contribution is -2.54. The molecule has 0 unspecified atom stereocenters. The summed E-state index contributed by atoms with van der Waals surface area (Å²) in [4.78, 5) is 48.8. The Bertz CT molecular complexity index is 789. The average molecular weight is 263 g/mol. The molecule has 4 amide bonds. The van der Waals surface area contributed by atoms with E-state index in [2.05, 4.69) is 0 Å². The average Bonchev–Trinajstić information content (AvgIpc) is 2.77. The summed E-state index contributed by atoms with van der Waals surface area (Å²) < 4.78 is 39.1. The summed E-state index contributed by atoms with van der Waals surface area (Å²) in [7, 11) is 0. The third-order valence-electron chi connectivity index (χ3n) is 2.75. The Balaban J connectivity index is 2.21. The molecule has 19 heavy (non-hydrogen) atoms. The number of carbonyl (C=O) groups is 4. The van der Waals surface area contributed by atoms with E-state index in [1.165, 1.54) is 29.6 Å². The van der Waals surface area contributed by atoms with Crippen LogP contribution in [0.25, 0.3) is 0 Å². The van der Waals surface area contributed by atoms with Crippen LogP contribution in [-0.4, -0.2) is 34.5 Å². The fraction of sp³-hybridized carbons (Fsp3) is 0.231. The molecule has 0 radical (unpaired) electrons. The molecule has 1 aromatic rings. The maximum absolute atomic E-state index is 12.5. The largest absolute Gasteiger partial charge is 0.295 e. The molecule has 2 aliphatic heterocycles. The minimum absolute atomic E-state index is 0.0667. The molecule has 1 saturated heterocycles. The number of rotatable bonds is 1. The van der Waals surface area contributed by atoms with Crippen molar-refractivity contribution < 1.29 is 26.0 Å². The smallest absolute Gasteiger partial charge is 0.262 e. The van der Waals surface area contributed by atoms with Gasteiger partial charge >= 0.3 is 0 Å². The highest BCUT2D eigenvalue weighted by atomic mass is 16.2. The molecule has 1 N–H and O–H groups in total. The molecule has 96 valence electrons. The molecule has 6 nitrogen and oxygen atoms in total. The minimum Gasteiger partial charge on any atom is -0.295 e. The van der Waals surface area contributed by atoms with Crippen LogP contribution in [0.15, 0.2) is 24.3 Å². The SMILES string of the molecule is [2H]C1([2H])C(=O)NC(=O)[C@]([2H])(N2C(=O)c3ccccc3C2=O)C1([2H])[2H]. The molecule has 2 aliphatic rings. The molecule has 3 rings (SSSR count). The number of fused-ring (bicyclic) bond motifs is 1. The summed E-state index contributed by atoms with van der Waals surface area (Å²) in [5.41, 5.74) is -0.259. The van der Waals surface area contributed by atoms with E-state index in [0.29, 0.717) is 0 Å². The third-order valence-corrected chi connectivity index (χ3v) is 2.75. The van der Waals surface area contributed by atoms with Gasteiger partial charge in [-0.05, 0) is 18.5 Å². The van der Waals surface area contributed by atoms with Crippen LogP contribution < -0.4 is 5.32 Å². The van der Waals surface area contributed by atoms with Gasteiger partial charge in [-0.1, -0.05) is 12.1 Å². The van der Waals surface area contributed by atoms with E-state index in [0.717, 1.165) is 0 Å². The maximum Gasteiger partial charge on any atom is 0.262 e. The van der Waals surface area contributed by atoms with Gasteiger partial charge in [0.1, 0.15) is 6.02 Å². The zero-order chi connectivity index (χ0) is 18.1. The van der Waals surface area contributed by atoms with Crippen LogP contribution in [0.5, 0.6) is 0 Å². The van der Waals surface area contributed by atoms with E-state index in [1.54, 1.807) is 0 Å². The maximum atomic E-state index is 12.5. The number of benzene rings is 1. The Kier molecular flexibility index (Phi) is 1.52. The molecule has 0 bridgehead atoms. The zero-order valence-corrected chi connectivity index (χ0v) is 9.39. The molecule has 0 saturated carbocycles. The van der Waals surface area contributed by atoms with Gasteiger partial charge < -0.3 is 0 Å². The standard InChI is InChI=1S/C13H10N2O4/c16-10-6-5-9(11(17)14-10)15-12(18)7-3-1-2-4-8(7)13(15)19/h1-4,9H,5-6H2,(H,14,16,17)/t9-/m1/s1/i5D2,6D2,9D. The van der Waals surface area contributed by atoms with Gasteiger partial charge in [0, 0.05) is 11.9 Å². The number of nitrogens with one attached hydrogen (secondary N) is 1. The zero-order valence-electron chi connectivity index (χ0n) is 14.4. The van der Waals surface area contributed by atoms with Crippen molar-refractivity contribution in [3.05, 3.63) is 35.4 Å². The second kappa shape index (κ2) is 4.01. The highest BCUT2D eigenvalue weighted by molar-refractivity contribution is 6.23. The van der Waals surface area contributed by atoms with Crippen molar-refractivity contribution in [2.75, 3.05) is 0 Å².